The summed E-state index contributed by atoms with van der Waals surface area (Å²) in [6, 6.07) is 0.646. The first-order valence-electron chi connectivity index (χ1n) is 7.52. The smallest absolute Gasteiger partial charge is 0.0730 e. The van der Waals surface area contributed by atoms with Gasteiger partial charge in [-0.3, -0.25) is 4.90 Å². The monoisotopic (exact) mass is 256 g/mol. The van der Waals surface area contributed by atoms with Crippen LogP contribution in [0.3, 0.4) is 0 Å². The van der Waals surface area contributed by atoms with Crippen molar-refractivity contribution >= 4 is 0 Å². The van der Waals surface area contributed by atoms with Gasteiger partial charge >= 0.3 is 0 Å². The standard InChI is InChI=1S/C14H28N2O2/c1-2-17-12(11-15)7-8-16-9-10-18-14-6-4-3-5-13(14)16/h12-14H,2-11,15H2,1H3. The fraction of sp³-hybridized carbons (Fsp3) is 1.00. The molecular weight excluding hydrogens is 228 g/mol. The van der Waals surface area contributed by atoms with Gasteiger partial charge in [-0.1, -0.05) is 12.8 Å². The second kappa shape index (κ2) is 7.43. The number of morpholine rings is 1. The molecule has 3 unspecified atom stereocenters. The van der Waals surface area contributed by atoms with E-state index in [9.17, 15) is 0 Å². The van der Waals surface area contributed by atoms with Crippen LogP contribution in [-0.2, 0) is 9.47 Å². The molecule has 0 spiro atoms. The Balaban J connectivity index is 1.79. The first-order chi connectivity index (χ1) is 8.85. The van der Waals surface area contributed by atoms with Gasteiger partial charge in [-0.25, -0.2) is 0 Å². The molecule has 0 aromatic heterocycles. The summed E-state index contributed by atoms with van der Waals surface area (Å²) >= 11 is 0. The molecule has 1 saturated heterocycles. The van der Waals surface area contributed by atoms with Crippen LogP contribution >= 0.6 is 0 Å². The Labute approximate surface area is 111 Å². The summed E-state index contributed by atoms with van der Waals surface area (Å²) in [6.07, 6.45) is 6.98. The van der Waals surface area contributed by atoms with Gasteiger partial charge in [0, 0.05) is 32.3 Å². The summed E-state index contributed by atoms with van der Waals surface area (Å²) in [6.45, 7) is 6.50. The van der Waals surface area contributed by atoms with Crippen LogP contribution < -0.4 is 5.73 Å². The van der Waals surface area contributed by atoms with Crippen molar-refractivity contribution in [1.82, 2.24) is 4.90 Å². The van der Waals surface area contributed by atoms with Gasteiger partial charge in [-0.2, -0.15) is 0 Å². The van der Waals surface area contributed by atoms with E-state index < -0.39 is 0 Å². The van der Waals surface area contributed by atoms with E-state index in [1.54, 1.807) is 0 Å². The van der Waals surface area contributed by atoms with Crippen LogP contribution in [0.1, 0.15) is 39.0 Å². The van der Waals surface area contributed by atoms with Gasteiger partial charge in [0.25, 0.3) is 0 Å². The van der Waals surface area contributed by atoms with Crippen molar-refractivity contribution in [3.05, 3.63) is 0 Å². The molecule has 2 N–H and O–H groups in total. The molecule has 2 rings (SSSR count). The third kappa shape index (κ3) is 3.67. The van der Waals surface area contributed by atoms with E-state index in [2.05, 4.69) is 4.90 Å². The van der Waals surface area contributed by atoms with E-state index in [-0.39, 0.29) is 6.10 Å². The highest BCUT2D eigenvalue weighted by molar-refractivity contribution is 4.87. The fourth-order valence-corrected chi connectivity index (χ4v) is 3.27. The summed E-state index contributed by atoms with van der Waals surface area (Å²) in [4.78, 5) is 2.61. The van der Waals surface area contributed by atoms with Crippen LogP contribution in [0.2, 0.25) is 0 Å². The molecule has 1 aliphatic carbocycles. The number of rotatable bonds is 6. The lowest BCUT2D eigenvalue weighted by atomic mass is 9.90. The maximum Gasteiger partial charge on any atom is 0.0730 e. The number of nitrogens with zero attached hydrogens (tertiary/aromatic N) is 1. The Morgan fingerprint density at radius 1 is 1.39 bits per heavy atom. The van der Waals surface area contributed by atoms with E-state index in [0.29, 0.717) is 18.7 Å². The SMILES string of the molecule is CCOC(CN)CCN1CCOC2CCCCC21. The minimum Gasteiger partial charge on any atom is -0.377 e. The highest BCUT2D eigenvalue weighted by atomic mass is 16.5. The van der Waals surface area contributed by atoms with Gasteiger partial charge in [-0.15, -0.1) is 0 Å². The molecular formula is C14H28N2O2. The van der Waals surface area contributed by atoms with Crippen molar-refractivity contribution in [2.45, 2.75) is 57.3 Å². The van der Waals surface area contributed by atoms with Crippen molar-refractivity contribution in [3.8, 4) is 0 Å². The van der Waals surface area contributed by atoms with Crippen molar-refractivity contribution in [3.63, 3.8) is 0 Å². The molecule has 106 valence electrons. The highest BCUT2D eigenvalue weighted by Gasteiger charge is 2.33. The number of hydrogen-bond acceptors (Lipinski definition) is 4. The molecule has 1 aliphatic heterocycles. The Morgan fingerprint density at radius 2 is 2.22 bits per heavy atom. The molecule has 0 aromatic rings. The summed E-state index contributed by atoms with van der Waals surface area (Å²) in [5, 5.41) is 0. The molecule has 18 heavy (non-hydrogen) atoms. The Kier molecular flexibility index (Phi) is 5.89. The normalized spacial score (nSPS) is 31.0. The lowest BCUT2D eigenvalue weighted by Gasteiger charge is -2.44. The minimum absolute atomic E-state index is 0.222. The lowest BCUT2D eigenvalue weighted by Crippen LogP contribution is -2.53. The minimum atomic E-state index is 0.222. The zero-order valence-corrected chi connectivity index (χ0v) is 11.6. The second-order valence-electron chi connectivity index (χ2n) is 5.40. The molecule has 0 radical (unpaired) electrons. The molecule has 3 atom stereocenters. The quantitative estimate of drug-likeness (QED) is 0.780. The van der Waals surface area contributed by atoms with E-state index in [4.69, 9.17) is 15.2 Å². The van der Waals surface area contributed by atoms with E-state index in [0.717, 1.165) is 32.7 Å². The molecule has 4 heteroatoms. The predicted molar refractivity (Wildman–Crippen MR) is 72.7 cm³/mol. The molecule has 0 amide bonds. The van der Waals surface area contributed by atoms with Gasteiger partial charge in [0.05, 0.1) is 18.8 Å². The molecule has 0 bridgehead atoms. The average Bonchev–Trinajstić information content (AvgIpc) is 2.43. The van der Waals surface area contributed by atoms with Crippen molar-refractivity contribution in [2.75, 3.05) is 32.8 Å². The summed E-state index contributed by atoms with van der Waals surface area (Å²) < 4.78 is 11.5. The lowest BCUT2D eigenvalue weighted by molar-refractivity contribution is -0.0914. The molecule has 1 saturated carbocycles. The number of ether oxygens (including phenoxy) is 2. The van der Waals surface area contributed by atoms with Crippen molar-refractivity contribution in [1.29, 1.82) is 0 Å². The molecule has 1 heterocycles. The van der Waals surface area contributed by atoms with Crippen molar-refractivity contribution < 1.29 is 9.47 Å². The zero-order valence-electron chi connectivity index (χ0n) is 11.6. The Bertz CT molecular complexity index is 236. The van der Waals surface area contributed by atoms with Gasteiger partial charge in [0.1, 0.15) is 0 Å². The first kappa shape index (κ1) is 14.3. The van der Waals surface area contributed by atoms with Gasteiger partial charge < -0.3 is 15.2 Å². The maximum atomic E-state index is 5.90. The fourth-order valence-electron chi connectivity index (χ4n) is 3.27. The molecule has 0 aromatic carbocycles. The highest BCUT2D eigenvalue weighted by Crippen LogP contribution is 2.28. The largest absolute Gasteiger partial charge is 0.377 e. The maximum absolute atomic E-state index is 5.90. The van der Waals surface area contributed by atoms with Crippen LogP contribution in [0.15, 0.2) is 0 Å². The number of nitrogens with two attached hydrogens (primary N) is 1. The topological polar surface area (TPSA) is 47.7 Å². The van der Waals surface area contributed by atoms with E-state index in [1.807, 2.05) is 6.92 Å². The Hall–Kier alpha value is -0.160. The first-order valence-corrected chi connectivity index (χ1v) is 7.52. The van der Waals surface area contributed by atoms with Crippen molar-refractivity contribution in [2.24, 2.45) is 5.73 Å². The molecule has 4 nitrogen and oxygen atoms in total. The van der Waals surface area contributed by atoms with E-state index in [1.165, 1.54) is 25.7 Å². The third-order valence-corrected chi connectivity index (χ3v) is 4.25. The number of fused-ring (bicyclic) bond motifs is 1. The predicted octanol–water partition coefficient (Wildman–Crippen LogP) is 1.38. The van der Waals surface area contributed by atoms with Gasteiger partial charge in [0.15, 0.2) is 0 Å². The van der Waals surface area contributed by atoms with Crippen LogP contribution in [-0.4, -0.2) is 56.0 Å². The van der Waals surface area contributed by atoms with Crippen LogP contribution in [0.4, 0.5) is 0 Å². The summed E-state index contributed by atoms with van der Waals surface area (Å²) in [7, 11) is 0. The van der Waals surface area contributed by atoms with Gasteiger partial charge in [-0.05, 0) is 26.2 Å². The zero-order chi connectivity index (χ0) is 12.8. The number of hydrogen-bond donors (Lipinski definition) is 1. The Morgan fingerprint density at radius 3 is 3.00 bits per heavy atom. The van der Waals surface area contributed by atoms with Crippen LogP contribution in [0.25, 0.3) is 0 Å². The third-order valence-electron chi connectivity index (χ3n) is 4.25. The average molecular weight is 256 g/mol. The summed E-state index contributed by atoms with van der Waals surface area (Å²) in [5.41, 5.74) is 5.74. The molecule has 2 aliphatic rings. The van der Waals surface area contributed by atoms with Crippen LogP contribution in [0, 0.1) is 0 Å². The van der Waals surface area contributed by atoms with Gasteiger partial charge in [0.2, 0.25) is 0 Å². The molecule has 2 fully saturated rings. The van der Waals surface area contributed by atoms with Crippen LogP contribution in [0.5, 0.6) is 0 Å². The summed E-state index contributed by atoms with van der Waals surface area (Å²) in [5.74, 6) is 0. The van der Waals surface area contributed by atoms with E-state index >= 15 is 0 Å². The second-order valence-corrected chi connectivity index (χ2v) is 5.40.